The summed E-state index contributed by atoms with van der Waals surface area (Å²) in [6, 6.07) is 10.5. The van der Waals surface area contributed by atoms with Gasteiger partial charge in [-0.05, 0) is 53.8 Å². The standard InChI is InChI=1S/C17H14F2IN3O/c1-9(21)16-22-14-12(6-3-7-13(14)20)17(24)23(16)11-5-2-4-10(8-11)15(18)19/h2-9,15H,21H2,1H3/t9-/m0/s1. The highest BCUT2D eigenvalue weighted by Gasteiger charge is 2.18. The smallest absolute Gasteiger partial charge is 0.266 e. The SMILES string of the molecule is C[C@H](N)c1nc2c(I)cccc2c(=O)n1-c1cccc(C(F)F)c1. The second-order valence-corrected chi connectivity index (χ2v) is 6.59. The highest BCUT2D eigenvalue weighted by Crippen LogP contribution is 2.24. The lowest BCUT2D eigenvalue weighted by Gasteiger charge is -2.17. The van der Waals surface area contributed by atoms with Gasteiger partial charge in [0.25, 0.3) is 12.0 Å². The Labute approximate surface area is 150 Å². The van der Waals surface area contributed by atoms with Crippen molar-refractivity contribution in [3.63, 3.8) is 0 Å². The third-order valence-corrected chi connectivity index (χ3v) is 4.53. The van der Waals surface area contributed by atoms with Crippen LogP contribution in [-0.4, -0.2) is 9.55 Å². The number of hydrogen-bond acceptors (Lipinski definition) is 3. The zero-order chi connectivity index (χ0) is 17.4. The molecule has 0 spiro atoms. The van der Waals surface area contributed by atoms with Crippen molar-refractivity contribution in [2.24, 2.45) is 5.73 Å². The molecule has 7 heteroatoms. The summed E-state index contributed by atoms with van der Waals surface area (Å²) in [5.74, 6) is 0.336. The first kappa shape index (κ1) is 17.0. The molecule has 0 aliphatic carbocycles. The average Bonchev–Trinajstić information content (AvgIpc) is 2.55. The van der Waals surface area contributed by atoms with Crippen LogP contribution in [0.5, 0.6) is 0 Å². The Kier molecular flexibility index (Phi) is 4.64. The average molecular weight is 441 g/mol. The summed E-state index contributed by atoms with van der Waals surface area (Å²) in [6.07, 6.45) is -2.62. The number of benzene rings is 2. The Morgan fingerprint density at radius 2 is 1.92 bits per heavy atom. The molecule has 0 bridgehead atoms. The number of para-hydroxylation sites is 1. The second-order valence-electron chi connectivity index (χ2n) is 5.43. The first-order chi connectivity index (χ1) is 11.4. The monoisotopic (exact) mass is 441 g/mol. The van der Waals surface area contributed by atoms with Crippen LogP contribution >= 0.6 is 22.6 Å². The zero-order valence-electron chi connectivity index (χ0n) is 12.7. The minimum Gasteiger partial charge on any atom is -0.322 e. The van der Waals surface area contributed by atoms with E-state index in [2.05, 4.69) is 27.6 Å². The number of alkyl halides is 2. The lowest BCUT2D eigenvalue weighted by molar-refractivity contribution is 0.151. The maximum absolute atomic E-state index is 13.0. The molecule has 0 radical (unpaired) electrons. The van der Waals surface area contributed by atoms with Crippen molar-refractivity contribution in [1.29, 1.82) is 0 Å². The summed E-state index contributed by atoms with van der Waals surface area (Å²) >= 11 is 2.10. The molecule has 24 heavy (non-hydrogen) atoms. The minimum atomic E-state index is -2.62. The van der Waals surface area contributed by atoms with Crippen LogP contribution in [-0.2, 0) is 0 Å². The lowest BCUT2D eigenvalue weighted by Crippen LogP contribution is -2.27. The van der Waals surface area contributed by atoms with Crippen molar-refractivity contribution in [1.82, 2.24) is 9.55 Å². The summed E-state index contributed by atoms with van der Waals surface area (Å²) in [6.45, 7) is 1.71. The molecule has 2 N–H and O–H groups in total. The van der Waals surface area contributed by atoms with Crippen molar-refractivity contribution in [3.05, 3.63) is 67.8 Å². The molecule has 1 heterocycles. The van der Waals surface area contributed by atoms with Gasteiger partial charge in [-0.3, -0.25) is 9.36 Å². The van der Waals surface area contributed by atoms with E-state index in [9.17, 15) is 13.6 Å². The second kappa shape index (κ2) is 6.56. The highest BCUT2D eigenvalue weighted by molar-refractivity contribution is 14.1. The molecule has 4 nitrogen and oxygen atoms in total. The first-order valence-electron chi connectivity index (χ1n) is 7.25. The normalized spacial score (nSPS) is 12.8. The van der Waals surface area contributed by atoms with Gasteiger partial charge in [0.2, 0.25) is 0 Å². The van der Waals surface area contributed by atoms with E-state index in [1.807, 2.05) is 6.07 Å². The van der Waals surface area contributed by atoms with Gasteiger partial charge in [0.1, 0.15) is 5.82 Å². The van der Waals surface area contributed by atoms with Crippen LogP contribution in [0.25, 0.3) is 16.6 Å². The largest absolute Gasteiger partial charge is 0.322 e. The van der Waals surface area contributed by atoms with Crippen molar-refractivity contribution >= 4 is 33.5 Å². The fourth-order valence-electron chi connectivity index (χ4n) is 2.55. The van der Waals surface area contributed by atoms with Crippen molar-refractivity contribution < 1.29 is 8.78 Å². The predicted octanol–water partition coefficient (Wildman–Crippen LogP) is 3.95. The molecule has 0 aliphatic rings. The van der Waals surface area contributed by atoms with Gasteiger partial charge in [-0.2, -0.15) is 0 Å². The van der Waals surface area contributed by atoms with Gasteiger partial charge in [-0.25, -0.2) is 13.8 Å². The molecule has 0 amide bonds. The van der Waals surface area contributed by atoms with Crippen molar-refractivity contribution in [3.8, 4) is 5.69 Å². The Balaban J connectivity index is 2.39. The molecule has 1 atom stereocenters. The van der Waals surface area contributed by atoms with Crippen molar-refractivity contribution in [2.75, 3.05) is 0 Å². The predicted molar refractivity (Wildman–Crippen MR) is 97.6 cm³/mol. The molecule has 0 saturated heterocycles. The number of hydrogen-bond donors (Lipinski definition) is 1. The van der Waals surface area contributed by atoms with E-state index in [0.717, 1.165) is 3.57 Å². The number of aromatic nitrogens is 2. The van der Waals surface area contributed by atoms with E-state index in [1.54, 1.807) is 25.1 Å². The van der Waals surface area contributed by atoms with Gasteiger partial charge in [-0.1, -0.05) is 18.2 Å². The Hall–Kier alpha value is -1.87. The number of nitrogens with zero attached hydrogens (tertiary/aromatic N) is 2. The number of nitrogens with two attached hydrogens (primary N) is 1. The third-order valence-electron chi connectivity index (χ3n) is 3.66. The van der Waals surface area contributed by atoms with Crippen LogP contribution in [0.2, 0.25) is 0 Å². The molecule has 0 fully saturated rings. The summed E-state index contributed by atoms with van der Waals surface area (Å²) in [4.78, 5) is 17.5. The van der Waals surface area contributed by atoms with Gasteiger partial charge >= 0.3 is 0 Å². The fraction of sp³-hybridized carbons (Fsp3) is 0.176. The van der Waals surface area contributed by atoms with Gasteiger partial charge in [0.05, 0.1) is 22.6 Å². The van der Waals surface area contributed by atoms with Crippen LogP contribution in [0.4, 0.5) is 8.78 Å². The molecule has 0 unspecified atom stereocenters. The zero-order valence-corrected chi connectivity index (χ0v) is 14.9. The molecule has 0 saturated carbocycles. The number of fused-ring (bicyclic) bond motifs is 1. The van der Waals surface area contributed by atoms with E-state index in [4.69, 9.17) is 5.73 Å². The number of halogens is 3. The molecule has 0 aliphatic heterocycles. The lowest BCUT2D eigenvalue weighted by atomic mass is 10.1. The van der Waals surface area contributed by atoms with E-state index in [1.165, 1.54) is 22.8 Å². The summed E-state index contributed by atoms with van der Waals surface area (Å²) in [5.41, 5.74) is 6.41. The van der Waals surface area contributed by atoms with Gasteiger partial charge in [0, 0.05) is 9.13 Å². The van der Waals surface area contributed by atoms with Crippen LogP contribution in [0.15, 0.2) is 47.3 Å². The molecule has 1 aromatic heterocycles. The molecule has 2 aromatic carbocycles. The van der Waals surface area contributed by atoms with Crippen LogP contribution in [0.3, 0.4) is 0 Å². The maximum Gasteiger partial charge on any atom is 0.266 e. The topological polar surface area (TPSA) is 60.9 Å². The van der Waals surface area contributed by atoms with Gasteiger partial charge in [-0.15, -0.1) is 0 Å². The van der Waals surface area contributed by atoms with Crippen LogP contribution in [0.1, 0.15) is 30.8 Å². The molecular formula is C17H14F2IN3O. The van der Waals surface area contributed by atoms with E-state index in [0.29, 0.717) is 22.4 Å². The van der Waals surface area contributed by atoms with Crippen LogP contribution in [0, 0.1) is 3.57 Å². The summed E-state index contributed by atoms with van der Waals surface area (Å²) in [7, 11) is 0. The molecule has 3 aromatic rings. The van der Waals surface area contributed by atoms with E-state index >= 15 is 0 Å². The van der Waals surface area contributed by atoms with E-state index in [-0.39, 0.29) is 11.1 Å². The highest BCUT2D eigenvalue weighted by atomic mass is 127. The number of rotatable bonds is 3. The summed E-state index contributed by atoms with van der Waals surface area (Å²) < 4.78 is 28.1. The Bertz CT molecular complexity index is 970. The molecule has 3 rings (SSSR count). The quantitative estimate of drug-likeness (QED) is 0.627. The fourth-order valence-corrected chi connectivity index (χ4v) is 3.16. The van der Waals surface area contributed by atoms with Gasteiger partial charge in [0.15, 0.2) is 0 Å². The third kappa shape index (κ3) is 2.93. The minimum absolute atomic E-state index is 0.155. The molecular weight excluding hydrogens is 427 g/mol. The van der Waals surface area contributed by atoms with Crippen molar-refractivity contribution in [2.45, 2.75) is 19.4 Å². The maximum atomic E-state index is 13.0. The Morgan fingerprint density at radius 1 is 1.21 bits per heavy atom. The van der Waals surface area contributed by atoms with Crippen LogP contribution < -0.4 is 11.3 Å². The molecule has 124 valence electrons. The van der Waals surface area contributed by atoms with E-state index < -0.39 is 12.5 Å². The summed E-state index contributed by atoms with van der Waals surface area (Å²) in [5, 5.41) is 0.425. The Morgan fingerprint density at radius 3 is 2.58 bits per heavy atom. The first-order valence-corrected chi connectivity index (χ1v) is 8.33. The van der Waals surface area contributed by atoms with Gasteiger partial charge < -0.3 is 5.73 Å².